The van der Waals surface area contributed by atoms with Crippen molar-refractivity contribution < 1.29 is 9.90 Å². The molecule has 1 aromatic heterocycles. The Morgan fingerprint density at radius 3 is 2.84 bits per heavy atom. The summed E-state index contributed by atoms with van der Waals surface area (Å²) in [5.74, 6) is 2.12. The van der Waals surface area contributed by atoms with E-state index in [-0.39, 0.29) is 12.5 Å². The smallest absolute Gasteiger partial charge is 0.305 e. The standard InChI is InChI=1S/C13H20N4O2/c1-2-4-8(7-11(18)19)17-13(14-15-16-17)12-9-5-3-6-10(9)12/h8-10,12H,2-7H2,1H3,(H,18,19). The minimum absolute atomic E-state index is 0.103. The molecular formula is C13H20N4O2. The van der Waals surface area contributed by atoms with Gasteiger partial charge in [0.25, 0.3) is 0 Å². The fourth-order valence-electron chi connectivity index (χ4n) is 3.73. The molecule has 0 saturated heterocycles. The summed E-state index contributed by atoms with van der Waals surface area (Å²) in [6.45, 7) is 2.06. The molecule has 0 spiro atoms. The van der Waals surface area contributed by atoms with Crippen molar-refractivity contribution in [3.8, 4) is 0 Å². The lowest BCUT2D eigenvalue weighted by Crippen LogP contribution is -2.18. The first-order chi connectivity index (χ1) is 9.22. The molecule has 3 atom stereocenters. The maximum atomic E-state index is 11.0. The van der Waals surface area contributed by atoms with Gasteiger partial charge in [0.15, 0.2) is 5.82 Å². The van der Waals surface area contributed by atoms with Gasteiger partial charge < -0.3 is 5.11 Å². The van der Waals surface area contributed by atoms with Gasteiger partial charge in [0, 0.05) is 5.92 Å². The summed E-state index contributed by atoms with van der Waals surface area (Å²) >= 11 is 0. The molecule has 2 fully saturated rings. The van der Waals surface area contributed by atoms with Crippen LogP contribution in [0.15, 0.2) is 0 Å². The van der Waals surface area contributed by atoms with Crippen molar-refractivity contribution in [3.63, 3.8) is 0 Å². The summed E-state index contributed by atoms with van der Waals surface area (Å²) < 4.78 is 1.79. The van der Waals surface area contributed by atoms with Gasteiger partial charge in [0.05, 0.1) is 12.5 Å². The van der Waals surface area contributed by atoms with Crippen LogP contribution in [0.2, 0.25) is 0 Å². The lowest BCUT2D eigenvalue weighted by molar-refractivity contribution is -0.138. The Morgan fingerprint density at radius 1 is 1.47 bits per heavy atom. The van der Waals surface area contributed by atoms with Crippen LogP contribution in [-0.2, 0) is 4.79 Å². The van der Waals surface area contributed by atoms with Crippen LogP contribution in [0.5, 0.6) is 0 Å². The van der Waals surface area contributed by atoms with Gasteiger partial charge in [-0.1, -0.05) is 19.8 Å². The normalized spacial score (nSPS) is 30.1. The van der Waals surface area contributed by atoms with Crippen LogP contribution >= 0.6 is 0 Å². The van der Waals surface area contributed by atoms with Crippen molar-refractivity contribution in [1.82, 2.24) is 20.2 Å². The second-order valence-electron chi connectivity index (χ2n) is 5.81. The number of carboxylic acid groups (broad SMARTS) is 1. The van der Waals surface area contributed by atoms with Crippen molar-refractivity contribution in [2.75, 3.05) is 0 Å². The first-order valence-corrected chi connectivity index (χ1v) is 7.22. The second kappa shape index (κ2) is 4.90. The molecule has 6 nitrogen and oxygen atoms in total. The summed E-state index contributed by atoms with van der Waals surface area (Å²) in [7, 11) is 0. The van der Waals surface area contributed by atoms with E-state index < -0.39 is 5.97 Å². The van der Waals surface area contributed by atoms with Crippen LogP contribution in [0, 0.1) is 11.8 Å². The molecule has 2 aliphatic carbocycles. The fraction of sp³-hybridized carbons (Fsp3) is 0.846. The molecule has 19 heavy (non-hydrogen) atoms. The Balaban J connectivity index is 1.79. The van der Waals surface area contributed by atoms with E-state index in [0.717, 1.165) is 30.5 Å². The third-order valence-corrected chi connectivity index (χ3v) is 4.60. The summed E-state index contributed by atoms with van der Waals surface area (Å²) in [4.78, 5) is 11.0. The molecule has 3 unspecified atom stereocenters. The van der Waals surface area contributed by atoms with E-state index in [1.807, 2.05) is 0 Å². The van der Waals surface area contributed by atoms with Gasteiger partial charge in [-0.2, -0.15) is 0 Å². The molecule has 0 aromatic carbocycles. The first-order valence-electron chi connectivity index (χ1n) is 7.22. The molecule has 0 bridgehead atoms. The Hall–Kier alpha value is -1.46. The van der Waals surface area contributed by atoms with E-state index in [1.165, 1.54) is 19.3 Å². The zero-order chi connectivity index (χ0) is 13.4. The molecule has 2 saturated carbocycles. The Kier molecular flexibility index (Phi) is 3.24. The minimum atomic E-state index is -0.782. The van der Waals surface area contributed by atoms with Gasteiger partial charge >= 0.3 is 5.97 Å². The molecule has 0 amide bonds. The number of tetrazole rings is 1. The minimum Gasteiger partial charge on any atom is -0.481 e. The van der Waals surface area contributed by atoms with Crippen LogP contribution in [0.3, 0.4) is 0 Å². The molecule has 1 aromatic rings. The van der Waals surface area contributed by atoms with Gasteiger partial charge in [0.2, 0.25) is 0 Å². The Labute approximate surface area is 112 Å². The quantitative estimate of drug-likeness (QED) is 0.850. The fourth-order valence-corrected chi connectivity index (χ4v) is 3.73. The topological polar surface area (TPSA) is 80.9 Å². The molecule has 3 rings (SSSR count). The zero-order valence-corrected chi connectivity index (χ0v) is 11.2. The average molecular weight is 264 g/mol. The number of rotatable bonds is 6. The predicted molar refractivity (Wildman–Crippen MR) is 67.6 cm³/mol. The number of carboxylic acids is 1. The number of hydrogen-bond acceptors (Lipinski definition) is 4. The van der Waals surface area contributed by atoms with Crippen molar-refractivity contribution in [1.29, 1.82) is 0 Å². The molecule has 6 heteroatoms. The van der Waals surface area contributed by atoms with E-state index >= 15 is 0 Å². The number of carbonyl (C=O) groups is 1. The third-order valence-electron chi connectivity index (χ3n) is 4.60. The van der Waals surface area contributed by atoms with Crippen LogP contribution < -0.4 is 0 Å². The Bertz CT molecular complexity index is 463. The van der Waals surface area contributed by atoms with E-state index in [2.05, 4.69) is 22.4 Å². The summed E-state index contributed by atoms with van der Waals surface area (Å²) in [5.41, 5.74) is 0. The highest BCUT2D eigenvalue weighted by Gasteiger charge is 2.56. The summed E-state index contributed by atoms with van der Waals surface area (Å²) in [6.07, 6.45) is 5.73. The van der Waals surface area contributed by atoms with E-state index in [0.29, 0.717) is 5.92 Å². The molecule has 0 radical (unpaired) electrons. The van der Waals surface area contributed by atoms with Crippen molar-refractivity contribution in [3.05, 3.63) is 5.82 Å². The van der Waals surface area contributed by atoms with Crippen molar-refractivity contribution in [2.24, 2.45) is 11.8 Å². The van der Waals surface area contributed by atoms with Gasteiger partial charge in [-0.3, -0.25) is 4.79 Å². The number of fused-ring (bicyclic) bond motifs is 1. The summed E-state index contributed by atoms with van der Waals surface area (Å²) in [5, 5.41) is 21.1. The van der Waals surface area contributed by atoms with Crippen LogP contribution in [0.25, 0.3) is 0 Å². The molecule has 1 N–H and O–H groups in total. The summed E-state index contributed by atoms with van der Waals surface area (Å²) in [6, 6.07) is -0.103. The van der Waals surface area contributed by atoms with Gasteiger partial charge in [0.1, 0.15) is 0 Å². The highest BCUT2D eigenvalue weighted by Crippen LogP contribution is 2.62. The molecule has 104 valence electrons. The monoisotopic (exact) mass is 264 g/mol. The number of nitrogens with zero attached hydrogens (tertiary/aromatic N) is 4. The maximum Gasteiger partial charge on any atom is 0.305 e. The highest BCUT2D eigenvalue weighted by molar-refractivity contribution is 5.67. The number of aliphatic carboxylic acids is 1. The predicted octanol–water partition coefficient (Wildman–Crippen LogP) is 2.00. The van der Waals surface area contributed by atoms with Crippen LogP contribution in [-0.4, -0.2) is 31.3 Å². The van der Waals surface area contributed by atoms with E-state index in [4.69, 9.17) is 5.11 Å². The number of hydrogen-bond donors (Lipinski definition) is 1. The number of aromatic nitrogens is 4. The van der Waals surface area contributed by atoms with Gasteiger partial charge in [-0.05, 0) is 41.5 Å². The average Bonchev–Trinajstić information content (AvgIpc) is 2.81. The van der Waals surface area contributed by atoms with Gasteiger partial charge in [-0.25, -0.2) is 4.68 Å². The Morgan fingerprint density at radius 2 is 2.21 bits per heavy atom. The molecule has 2 aliphatic rings. The second-order valence-corrected chi connectivity index (χ2v) is 5.81. The van der Waals surface area contributed by atoms with Crippen LogP contribution in [0.4, 0.5) is 0 Å². The van der Waals surface area contributed by atoms with E-state index in [9.17, 15) is 4.79 Å². The molecule has 1 heterocycles. The third kappa shape index (κ3) is 2.24. The molecule has 0 aliphatic heterocycles. The molecular weight excluding hydrogens is 244 g/mol. The van der Waals surface area contributed by atoms with Gasteiger partial charge in [-0.15, -0.1) is 5.10 Å². The zero-order valence-electron chi connectivity index (χ0n) is 11.2. The largest absolute Gasteiger partial charge is 0.481 e. The SMILES string of the molecule is CCCC(CC(=O)O)n1nnnc1C1C2CCCC21. The highest BCUT2D eigenvalue weighted by atomic mass is 16.4. The maximum absolute atomic E-state index is 11.0. The van der Waals surface area contributed by atoms with E-state index in [1.54, 1.807) is 4.68 Å². The first kappa shape index (κ1) is 12.6. The van der Waals surface area contributed by atoms with Crippen LogP contribution in [0.1, 0.15) is 63.2 Å². The van der Waals surface area contributed by atoms with Crippen molar-refractivity contribution in [2.45, 2.75) is 57.4 Å². The lowest BCUT2D eigenvalue weighted by Gasteiger charge is -2.16. The van der Waals surface area contributed by atoms with Crippen molar-refractivity contribution >= 4 is 5.97 Å². The lowest BCUT2D eigenvalue weighted by atomic mass is 10.1.